The van der Waals surface area contributed by atoms with Crippen molar-refractivity contribution in [1.82, 2.24) is 14.5 Å². The van der Waals surface area contributed by atoms with Crippen molar-refractivity contribution in [2.45, 2.75) is 50.6 Å². The fourth-order valence-electron chi connectivity index (χ4n) is 4.59. The summed E-state index contributed by atoms with van der Waals surface area (Å²) in [6.07, 6.45) is 1.70. The summed E-state index contributed by atoms with van der Waals surface area (Å²) in [7, 11) is -3.92. The summed E-state index contributed by atoms with van der Waals surface area (Å²) in [4.78, 5) is 29.3. The Hall–Kier alpha value is -2.75. The SMILES string of the molecule is CC(C)[C@@H](NS(=O)(=O)c1ccc2c(c1)CCCC(=O)N2)C(=O)N1CCN(Cc2ccccc2)CC1. The van der Waals surface area contributed by atoms with Gasteiger partial charge in [-0.15, -0.1) is 0 Å². The lowest BCUT2D eigenvalue weighted by molar-refractivity contribution is -0.135. The Morgan fingerprint density at radius 1 is 1.03 bits per heavy atom. The minimum Gasteiger partial charge on any atom is -0.339 e. The first-order chi connectivity index (χ1) is 16.7. The van der Waals surface area contributed by atoms with Crippen molar-refractivity contribution < 1.29 is 18.0 Å². The fraction of sp³-hybridized carbons (Fsp3) is 0.462. The van der Waals surface area contributed by atoms with Crippen molar-refractivity contribution in [3.8, 4) is 0 Å². The Balaban J connectivity index is 1.42. The maximum atomic E-state index is 13.4. The third-order valence-electron chi connectivity index (χ3n) is 6.66. The van der Waals surface area contributed by atoms with Crippen LogP contribution in [0.15, 0.2) is 53.4 Å². The van der Waals surface area contributed by atoms with Gasteiger partial charge >= 0.3 is 0 Å². The summed E-state index contributed by atoms with van der Waals surface area (Å²) in [6, 6.07) is 14.1. The molecule has 0 saturated carbocycles. The lowest BCUT2D eigenvalue weighted by atomic mass is 10.0. The van der Waals surface area contributed by atoms with Crippen molar-refractivity contribution in [3.05, 3.63) is 59.7 Å². The van der Waals surface area contributed by atoms with Crippen molar-refractivity contribution in [1.29, 1.82) is 0 Å². The number of piperazine rings is 1. The largest absolute Gasteiger partial charge is 0.339 e. The average molecular weight is 499 g/mol. The molecule has 188 valence electrons. The quantitative estimate of drug-likeness (QED) is 0.612. The number of amides is 2. The second-order valence-corrected chi connectivity index (χ2v) is 11.4. The topological polar surface area (TPSA) is 98.8 Å². The first-order valence-electron chi connectivity index (χ1n) is 12.2. The molecule has 0 radical (unpaired) electrons. The molecule has 0 unspecified atom stereocenters. The molecule has 9 heteroatoms. The monoisotopic (exact) mass is 498 g/mol. The number of carbonyl (C=O) groups excluding carboxylic acids is 2. The molecule has 2 N–H and O–H groups in total. The molecule has 0 aromatic heterocycles. The molecule has 0 spiro atoms. The first kappa shape index (κ1) is 25.3. The van der Waals surface area contributed by atoms with Gasteiger partial charge in [0.1, 0.15) is 6.04 Å². The van der Waals surface area contributed by atoms with Crippen LogP contribution in [0.25, 0.3) is 0 Å². The van der Waals surface area contributed by atoms with Crippen LogP contribution in [-0.4, -0.2) is 62.3 Å². The van der Waals surface area contributed by atoms with E-state index in [4.69, 9.17) is 0 Å². The molecule has 1 atom stereocenters. The highest BCUT2D eigenvalue weighted by molar-refractivity contribution is 7.89. The first-order valence-corrected chi connectivity index (χ1v) is 13.7. The van der Waals surface area contributed by atoms with Gasteiger partial charge in [-0.2, -0.15) is 4.72 Å². The highest BCUT2D eigenvalue weighted by Gasteiger charge is 2.33. The molecular formula is C26H34N4O4S. The highest BCUT2D eigenvalue weighted by Crippen LogP contribution is 2.25. The summed E-state index contributed by atoms with van der Waals surface area (Å²) < 4.78 is 29.2. The molecule has 2 aromatic rings. The Bertz CT molecular complexity index is 1160. The molecule has 1 fully saturated rings. The zero-order chi connectivity index (χ0) is 25.0. The van der Waals surface area contributed by atoms with E-state index >= 15 is 0 Å². The van der Waals surface area contributed by atoms with Crippen LogP contribution in [0.5, 0.6) is 0 Å². The van der Waals surface area contributed by atoms with Crippen LogP contribution >= 0.6 is 0 Å². The number of nitrogens with one attached hydrogen (secondary N) is 2. The Labute approximate surface area is 207 Å². The molecule has 8 nitrogen and oxygen atoms in total. The molecule has 0 aliphatic carbocycles. The number of anilines is 1. The summed E-state index contributed by atoms with van der Waals surface area (Å²) in [5.41, 5.74) is 2.68. The number of carbonyl (C=O) groups is 2. The van der Waals surface area contributed by atoms with E-state index in [1.807, 2.05) is 32.0 Å². The van der Waals surface area contributed by atoms with E-state index in [0.717, 1.165) is 25.2 Å². The van der Waals surface area contributed by atoms with Gasteiger partial charge in [-0.05, 0) is 48.1 Å². The van der Waals surface area contributed by atoms with Crippen LogP contribution in [0.4, 0.5) is 5.69 Å². The van der Waals surface area contributed by atoms with Gasteiger partial charge in [0.15, 0.2) is 0 Å². The number of benzene rings is 2. The van der Waals surface area contributed by atoms with E-state index in [0.29, 0.717) is 38.0 Å². The zero-order valence-corrected chi connectivity index (χ0v) is 21.2. The Kier molecular flexibility index (Phi) is 7.88. The predicted molar refractivity (Wildman–Crippen MR) is 135 cm³/mol. The number of hydrogen-bond acceptors (Lipinski definition) is 5. The van der Waals surface area contributed by atoms with Gasteiger partial charge in [0.25, 0.3) is 0 Å². The average Bonchev–Trinajstić information content (AvgIpc) is 3.03. The zero-order valence-electron chi connectivity index (χ0n) is 20.4. The molecule has 2 aliphatic heterocycles. The van der Waals surface area contributed by atoms with Gasteiger partial charge in [0.05, 0.1) is 4.90 Å². The number of fused-ring (bicyclic) bond motifs is 1. The van der Waals surface area contributed by atoms with Gasteiger partial charge in [0.2, 0.25) is 21.8 Å². The third kappa shape index (κ3) is 6.28. The lowest BCUT2D eigenvalue weighted by Crippen LogP contribution is -2.56. The normalized spacial score (nSPS) is 18.0. The fourth-order valence-corrected chi connectivity index (χ4v) is 5.98. The maximum Gasteiger partial charge on any atom is 0.241 e. The van der Waals surface area contributed by atoms with E-state index in [1.54, 1.807) is 17.0 Å². The number of rotatable bonds is 7. The van der Waals surface area contributed by atoms with Crippen LogP contribution in [0.3, 0.4) is 0 Å². The molecule has 1 saturated heterocycles. The molecule has 2 amide bonds. The summed E-state index contributed by atoms with van der Waals surface area (Å²) >= 11 is 0. The minimum atomic E-state index is -3.92. The molecule has 2 aromatic carbocycles. The molecule has 0 bridgehead atoms. The van der Waals surface area contributed by atoms with E-state index in [1.165, 1.54) is 11.6 Å². The van der Waals surface area contributed by atoms with Crippen LogP contribution in [0.2, 0.25) is 0 Å². The summed E-state index contributed by atoms with van der Waals surface area (Å²) in [5, 5.41) is 2.82. The van der Waals surface area contributed by atoms with Gasteiger partial charge in [-0.3, -0.25) is 14.5 Å². The number of sulfonamides is 1. The molecule has 35 heavy (non-hydrogen) atoms. The van der Waals surface area contributed by atoms with Crippen molar-refractivity contribution in [2.24, 2.45) is 5.92 Å². The van der Waals surface area contributed by atoms with E-state index in [-0.39, 0.29) is 22.6 Å². The second-order valence-electron chi connectivity index (χ2n) is 9.65. The van der Waals surface area contributed by atoms with Crippen LogP contribution in [-0.2, 0) is 32.6 Å². The van der Waals surface area contributed by atoms with Crippen LogP contribution in [0, 0.1) is 5.92 Å². The maximum absolute atomic E-state index is 13.4. The summed E-state index contributed by atoms with van der Waals surface area (Å²) in [5.74, 6) is -0.462. The standard InChI is InChI=1S/C26H34N4O4S/c1-19(2)25(26(32)30-15-13-29(14-16-30)18-20-7-4-3-5-8-20)28-35(33,34)22-11-12-23-21(17-22)9-6-10-24(31)27-23/h3-5,7-8,11-12,17,19,25,28H,6,9-10,13-16,18H2,1-2H3,(H,27,31)/t25-/m1/s1. The minimum absolute atomic E-state index is 0.0631. The van der Waals surface area contributed by atoms with E-state index < -0.39 is 16.1 Å². The third-order valence-corrected chi connectivity index (χ3v) is 8.10. The number of hydrogen-bond donors (Lipinski definition) is 2. The van der Waals surface area contributed by atoms with Crippen LogP contribution < -0.4 is 10.0 Å². The van der Waals surface area contributed by atoms with E-state index in [2.05, 4.69) is 27.1 Å². The van der Waals surface area contributed by atoms with Crippen LogP contribution in [0.1, 0.15) is 37.8 Å². The molecule has 2 aliphatic rings. The van der Waals surface area contributed by atoms with Crippen molar-refractivity contribution in [2.75, 3.05) is 31.5 Å². The predicted octanol–water partition coefficient (Wildman–Crippen LogP) is 2.61. The molecular weight excluding hydrogens is 464 g/mol. The van der Waals surface area contributed by atoms with Gasteiger partial charge in [-0.25, -0.2) is 8.42 Å². The Morgan fingerprint density at radius 2 is 1.74 bits per heavy atom. The van der Waals surface area contributed by atoms with Crippen molar-refractivity contribution >= 4 is 27.5 Å². The molecule has 2 heterocycles. The van der Waals surface area contributed by atoms with Gasteiger partial charge in [-0.1, -0.05) is 44.2 Å². The van der Waals surface area contributed by atoms with Crippen molar-refractivity contribution in [3.63, 3.8) is 0 Å². The summed E-state index contributed by atoms with van der Waals surface area (Å²) in [6.45, 7) is 7.16. The number of nitrogens with zero attached hydrogens (tertiary/aromatic N) is 2. The lowest BCUT2D eigenvalue weighted by Gasteiger charge is -2.37. The second kappa shape index (κ2) is 10.9. The molecule has 4 rings (SSSR count). The van der Waals surface area contributed by atoms with E-state index in [9.17, 15) is 18.0 Å². The number of aryl methyl sites for hydroxylation is 1. The smallest absolute Gasteiger partial charge is 0.241 e. The Morgan fingerprint density at radius 3 is 2.43 bits per heavy atom. The highest BCUT2D eigenvalue weighted by atomic mass is 32.2. The van der Waals surface area contributed by atoms with Gasteiger partial charge < -0.3 is 10.2 Å². The van der Waals surface area contributed by atoms with Gasteiger partial charge in [0, 0.05) is 44.8 Å².